The molecule has 31 heavy (non-hydrogen) atoms. The molecule has 1 amide bonds. The van der Waals surface area contributed by atoms with Crippen LogP contribution in [0.15, 0.2) is 54.6 Å². The number of rotatable bonds is 8. The Kier molecular flexibility index (Phi) is 7.91. The number of carbonyl (C=O) groups excluding carboxylic acids is 1. The topological polar surface area (TPSA) is 59.6 Å². The van der Waals surface area contributed by atoms with Crippen LogP contribution in [-0.2, 0) is 11.3 Å². The molecule has 162 valence electrons. The van der Waals surface area contributed by atoms with E-state index in [9.17, 15) is 4.79 Å². The van der Waals surface area contributed by atoms with E-state index in [-0.39, 0.29) is 12.5 Å². The second kappa shape index (κ2) is 10.6. The largest absolute Gasteiger partial charge is 0.493 e. The molecule has 0 aliphatic heterocycles. The third-order valence-electron chi connectivity index (χ3n) is 4.46. The van der Waals surface area contributed by atoms with Crippen LogP contribution >= 0.6 is 34.8 Å². The van der Waals surface area contributed by atoms with Gasteiger partial charge < -0.3 is 20.1 Å². The van der Waals surface area contributed by atoms with E-state index in [1.807, 2.05) is 31.2 Å². The molecule has 0 heterocycles. The van der Waals surface area contributed by atoms with Crippen molar-refractivity contribution >= 4 is 52.1 Å². The van der Waals surface area contributed by atoms with Gasteiger partial charge in [-0.1, -0.05) is 46.9 Å². The van der Waals surface area contributed by atoms with Crippen molar-refractivity contribution in [3.8, 4) is 11.5 Å². The van der Waals surface area contributed by atoms with Crippen molar-refractivity contribution in [1.82, 2.24) is 0 Å². The zero-order chi connectivity index (χ0) is 22.4. The minimum Gasteiger partial charge on any atom is -0.493 e. The number of carbonyl (C=O) groups is 1. The number of hydrogen-bond donors (Lipinski definition) is 2. The van der Waals surface area contributed by atoms with Gasteiger partial charge in [0.1, 0.15) is 0 Å². The summed E-state index contributed by atoms with van der Waals surface area (Å²) in [6.45, 7) is 2.25. The van der Waals surface area contributed by atoms with Crippen LogP contribution in [0.5, 0.6) is 11.5 Å². The van der Waals surface area contributed by atoms with Gasteiger partial charge in [0.25, 0.3) is 5.91 Å². The number of methoxy groups -OCH3 is 1. The third kappa shape index (κ3) is 6.44. The zero-order valence-corrected chi connectivity index (χ0v) is 19.2. The summed E-state index contributed by atoms with van der Waals surface area (Å²) >= 11 is 18.2. The summed E-state index contributed by atoms with van der Waals surface area (Å²) in [5, 5.41) is 7.71. The molecular weight excluding hydrogens is 459 g/mol. The van der Waals surface area contributed by atoms with Gasteiger partial charge in [-0.3, -0.25) is 4.79 Å². The Labute approximate surface area is 196 Å². The van der Waals surface area contributed by atoms with Crippen LogP contribution in [0.3, 0.4) is 0 Å². The van der Waals surface area contributed by atoms with Crippen LogP contribution in [0.25, 0.3) is 0 Å². The second-order valence-electron chi connectivity index (χ2n) is 6.76. The Bertz CT molecular complexity index is 1090. The monoisotopic (exact) mass is 478 g/mol. The minimum absolute atomic E-state index is 0.167. The van der Waals surface area contributed by atoms with Gasteiger partial charge in [0.05, 0.1) is 17.8 Å². The quantitative estimate of drug-likeness (QED) is 0.382. The zero-order valence-electron chi connectivity index (χ0n) is 17.0. The Morgan fingerprint density at radius 3 is 2.45 bits per heavy atom. The van der Waals surface area contributed by atoms with E-state index in [4.69, 9.17) is 44.3 Å². The number of amides is 1. The highest BCUT2D eigenvalue weighted by atomic mass is 35.5. The molecule has 3 aromatic rings. The Hall–Kier alpha value is -2.60. The summed E-state index contributed by atoms with van der Waals surface area (Å²) in [6.07, 6.45) is 0. The molecule has 0 aromatic heterocycles. The summed E-state index contributed by atoms with van der Waals surface area (Å²) in [5.41, 5.74) is 3.28. The molecule has 0 aliphatic carbocycles. The molecule has 0 unspecified atom stereocenters. The molecule has 0 spiro atoms. The first kappa shape index (κ1) is 23.1. The number of ether oxygens (including phenoxy) is 2. The lowest BCUT2D eigenvalue weighted by molar-refractivity contribution is -0.118. The molecular formula is C23H21Cl3N2O3. The average Bonchev–Trinajstić information content (AvgIpc) is 2.74. The summed E-state index contributed by atoms with van der Waals surface area (Å²) < 4.78 is 11.1. The lowest BCUT2D eigenvalue weighted by Gasteiger charge is -2.14. The predicted molar refractivity (Wildman–Crippen MR) is 127 cm³/mol. The molecule has 0 aliphatic rings. The highest BCUT2D eigenvalue weighted by molar-refractivity contribution is 6.36. The van der Waals surface area contributed by atoms with Crippen molar-refractivity contribution in [3.05, 3.63) is 80.8 Å². The molecule has 5 nitrogen and oxygen atoms in total. The summed E-state index contributed by atoms with van der Waals surface area (Å²) in [4.78, 5) is 12.2. The van der Waals surface area contributed by atoms with E-state index in [2.05, 4.69) is 10.6 Å². The fourth-order valence-corrected chi connectivity index (χ4v) is 3.44. The van der Waals surface area contributed by atoms with Crippen molar-refractivity contribution < 1.29 is 14.3 Å². The number of aryl methyl sites for hydroxylation is 1. The van der Waals surface area contributed by atoms with Gasteiger partial charge in [-0.05, 0) is 60.5 Å². The molecule has 0 bridgehead atoms. The van der Waals surface area contributed by atoms with Gasteiger partial charge in [-0.15, -0.1) is 0 Å². The SMILES string of the molecule is COc1cc(CNc2ccc(Cl)cc2Cl)ccc1OCC(=O)Nc1ccc(C)c(Cl)c1. The first-order valence-corrected chi connectivity index (χ1v) is 10.5. The van der Waals surface area contributed by atoms with Gasteiger partial charge in [-0.2, -0.15) is 0 Å². The number of hydrogen-bond acceptors (Lipinski definition) is 4. The van der Waals surface area contributed by atoms with Gasteiger partial charge >= 0.3 is 0 Å². The van der Waals surface area contributed by atoms with Crippen LogP contribution < -0.4 is 20.1 Å². The lowest BCUT2D eigenvalue weighted by atomic mass is 10.2. The molecule has 0 saturated carbocycles. The predicted octanol–water partition coefficient (Wildman–Crippen LogP) is 6.59. The molecule has 0 atom stereocenters. The van der Waals surface area contributed by atoms with Gasteiger partial charge in [0.15, 0.2) is 18.1 Å². The standard InChI is InChI=1S/C23H21Cl3N2O3/c1-14-3-6-17(11-18(14)25)28-23(29)13-31-21-8-4-15(9-22(21)30-2)12-27-20-7-5-16(24)10-19(20)26/h3-11,27H,12-13H2,1-2H3,(H,28,29). The molecule has 3 aromatic carbocycles. The minimum atomic E-state index is -0.301. The van der Waals surface area contributed by atoms with E-state index in [1.165, 1.54) is 0 Å². The molecule has 0 radical (unpaired) electrons. The first-order chi connectivity index (χ1) is 14.9. The van der Waals surface area contributed by atoms with Crippen LogP contribution in [0.2, 0.25) is 15.1 Å². The average molecular weight is 480 g/mol. The van der Waals surface area contributed by atoms with Crippen molar-refractivity contribution in [2.24, 2.45) is 0 Å². The number of anilines is 2. The van der Waals surface area contributed by atoms with Crippen LogP contribution in [-0.4, -0.2) is 19.6 Å². The Morgan fingerprint density at radius 2 is 1.74 bits per heavy atom. The van der Waals surface area contributed by atoms with Crippen LogP contribution in [0, 0.1) is 6.92 Å². The molecule has 0 saturated heterocycles. The summed E-state index contributed by atoms with van der Waals surface area (Å²) in [7, 11) is 1.55. The van der Waals surface area contributed by atoms with E-state index >= 15 is 0 Å². The first-order valence-electron chi connectivity index (χ1n) is 9.40. The number of halogens is 3. The molecule has 0 fully saturated rings. The maximum absolute atomic E-state index is 12.2. The van der Waals surface area contributed by atoms with Crippen molar-refractivity contribution in [2.45, 2.75) is 13.5 Å². The number of benzene rings is 3. The highest BCUT2D eigenvalue weighted by Gasteiger charge is 2.10. The summed E-state index contributed by atoms with van der Waals surface area (Å²) in [6, 6.07) is 16.1. The highest BCUT2D eigenvalue weighted by Crippen LogP contribution is 2.30. The number of nitrogens with one attached hydrogen (secondary N) is 2. The van der Waals surface area contributed by atoms with E-state index in [0.29, 0.717) is 38.8 Å². The van der Waals surface area contributed by atoms with E-state index < -0.39 is 0 Å². The maximum Gasteiger partial charge on any atom is 0.262 e. The van der Waals surface area contributed by atoms with Crippen molar-refractivity contribution in [1.29, 1.82) is 0 Å². The lowest BCUT2D eigenvalue weighted by Crippen LogP contribution is -2.20. The second-order valence-corrected chi connectivity index (χ2v) is 8.01. The van der Waals surface area contributed by atoms with E-state index in [0.717, 1.165) is 16.8 Å². The van der Waals surface area contributed by atoms with Crippen molar-refractivity contribution in [3.63, 3.8) is 0 Å². The molecule has 3 rings (SSSR count). The maximum atomic E-state index is 12.2. The normalized spacial score (nSPS) is 10.5. The van der Waals surface area contributed by atoms with Gasteiger partial charge in [-0.25, -0.2) is 0 Å². The van der Waals surface area contributed by atoms with Gasteiger partial charge in [0, 0.05) is 22.3 Å². The van der Waals surface area contributed by atoms with Gasteiger partial charge in [0.2, 0.25) is 0 Å². The molecule has 8 heteroatoms. The smallest absolute Gasteiger partial charge is 0.262 e. The van der Waals surface area contributed by atoms with Crippen molar-refractivity contribution in [2.75, 3.05) is 24.4 Å². The van der Waals surface area contributed by atoms with Crippen LogP contribution in [0.1, 0.15) is 11.1 Å². The molecule has 2 N–H and O–H groups in total. The fourth-order valence-electron chi connectivity index (χ4n) is 2.78. The Balaban J connectivity index is 1.59. The summed E-state index contributed by atoms with van der Waals surface area (Å²) in [5.74, 6) is 0.686. The van der Waals surface area contributed by atoms with E-state index in [1.54, 1.807) is 37.4 Å². The fraction of sp³-hybridized carbons (Fsp3) is 0.174. The Morgan fingerprint density at radius 1 is 0.935 bits per heavy atom. The third-order valence-corrected chi connectivity index (χ3v) is 5.41. The van der Waals surface area contributed by atoms with Crippen LogP contribution in [0.4, 0.5) is 11.4 Å².